The molecule has 2 aromatic carbocycles. The molecule has 39 heavy (non-hydrogen) atoms. The van der Waals surface area contributed by atoms with Crippen molar-refractivity contribution in [2.75, 3.05) is 26.2 Å². The normalized spacial score (nSPS) is 14.9. The van der Waals surface area contributed by atoms with Gasteiger partial charge in [-0.05, 0) is 35.4 Å². The van der Waals surface area contributed by atoms with Gasteiger partial charge in [-0.2, -0.15) is 26.3 Å². The maximum atomic E-state index is 13.2. The van der Waals surface area contributed by atoms with E-state index in [-0.39, 0.29) is 24.4 Å². The van der Waals surface area contributed by atoms with Gasteiger partial charge in [0.1, 0.15) is 0 Å². The van der Waals surface area contributed by atoms with Crippen molar-refractivity contribution in [1.29, 1.82) is 0 Å². The van der Waals surface area contributed by atoms with Crippen LogP contribution in [0.3, 0.4) is 0 Å². The lowest BCUT2D eigenvalue weighted by molar-refractivity contribution is -0.138. The average molecular weight is 570 g/mol. The standard InChI is InChI=1S/C27H25F6N3O2S/c28-26(29,30)20-6-3-4-18(14-20)15-24(37)36-12-10-35(11-13-36)17-21-8-9-23(39-21)25(38)34-16-19-5-1-2-7-22(19)27(31,32)33/h1-9,14H,10-13,15-17H2,(H,34,38). The summed E-state index contributed by atoms with van der Waals surface area (Å²) in [6.07, 6.45) is -9.09. The Morgan fingerprint density at radius 3 is 2.26 bits per heavy atom. The van der Waals surface area contributed by atoms with Gasteiger partial charge in [-0.25, -0.2) is 0 Å². The summed E-state index contributed by atoms with van der Waals surface area (Å²) in [7, 11) is 0. The van der Waals surface area contributed by atoms with Crippen LogP contribution in [0.15, 0.2) is 60.7 Å². The number of rotatable bonds is 7. The highest BCUT2D eigenvalue weighted by molar-refractivity contribution is 7.14. The number of hydrogen-bond donors (Lipinski definition) is 1. The van der Waals surface area contributed by atoms with Crippen LogP contribution in [0.1, 0.15) is 36.8 Å². The summed E-state index contributed by atoms with van der Waals surface area (Å²) in [6.45, 7) is 2.25. The minimum Gasteiger partial charge on any atom is -0.347 e. The van der Waals surface area contributed by atoms with Gasteiger partial charge in [-0.3, -0.25) is 14.5 Å². The first kappa shape index (κ1) is 28.6. The van der Waals surface area contributed by atoms with Crippen molar-refractivity contribution in [1.82, 2.24) is 15.1 Å². The van der Waals surface area contributed by atoms with Crippen molar-refractivity contribution in [2.24, 2.45) is 0 Å². The van der Waals surface area contributed by atoms with E-state index >= 15 is 0 Å². The molecule has 5 nitrogen and oxygen atoms in total. The van der Waals surface area contributed by atoms with Crippen LogP contribution in [0.4, 0.5) is 26.3 Å². The molecule has 0 radical (unpaired) electrons. The van der Waals surface area contributed by atoms with Crippen LogP contribution in [0.5, 0.6) is 0 Å². The van der Waals surface area contributed by atoms with Gasteiger partial charge < -0.3 is 10.2 Å². The zero-order chi connectivity index (χ0) is 28.2. The van der Waals surface area contributed by atoms with Crippen LogP contribution in [0.25, 0.3) is 0 Å². The predicted molar refractivity (Wildman–Crippen MR) is 134 cm³/mol. The molecular weight excluding hydrogens is 544 g/mol. The summed E-state index contributed by atoms with van der Waals surface area (Å²) in [5, 5.41) is 2.55. The molecule has 208 valence electrons. The van der Waals surface area contributed by atoms with Crippen LogP contribution in [0, 0.1) is 0 Å². The second kappa shape index (κ2) is 11.8. The fraction of sp³-hybridized carbons (Fsp3) is 0.333. The Bertz CT molecular complexity index is 1310. The Morgan fingerprint density at radius 1 is 0.846 bits per heavy atom. The van der Waals surface area contributed by atoms with Crippen molar-refractivity contribution >= 4 is 23.2 Å². The van der Waals surface area contributed by atoms with Gasteiger partial charge in [0.25, 0.3) is 5.91 Å². The van der Waals surface area contributed by atoms with E-state index < -0.39 is 29.4 Å². The van der Waals surface area contributed by atoms with Gasteiger partial charge in [-0.1, -0.05) is 36.4 Å². The Labute approximate surface area is 225 Å². The first-order chi connectivity index (χ1) is 18.4. The number of amides is 2. The lowest BCUT2D eigenvalue weighted by Gasteiger charge is -2.34. The summed E-state index contributed by atoms with van der Waals surface area (Å²) in [5.74, 6) is -0.704. The Hall–Kier alpha value is -3.38. The molecule has 0 saturated carbocycles. The monoisotopic (exact) mass is 569 g/mol. The second-order valence-corrected chi connectivity index (χ2v) is 10.3. The van der Waals surface area contributed by atoms with Crippen LogP contribution in [-0.2, 0) is 36.7 Å². The molecule has 1 aliphatic rings. The molecule has 12 heteroatoms. The minimum atomic E-state index is -4.51. The molecule has 0 aliphatic carbocycles. The van der Waals surface area contributed by atoms with Gasteiger partial charge in [0.05, 0.1) is 22.4 Å². The zero-order valence-corrected chi connectivity index (χ0v) is 21.4. The van der Waals surface area contributed by atoms with Crippen molar-refractivity contribution in [2.45, 2.75) is 31.9 Å². The van der Waals surface area contributed by atoms with E-state index in [0.717, 1.165) is 23.1 Å². The molecule has 2 heterocycles. The summed E-state index contributed by atoms with van der Waals surface area (Å²) < 4.78 is 78.3. The minimum absolute atomic E-state index is 0.0180. The highest BCUT2D eigenvalue weighted by Crippen LogP contribution is 2.32. The molecule has 1 fully saturated rings. The third-order valence-corrected chi connectivity index (χ3v) is 7.43. The van der Waals surface area contributed by atoms with E-state index in [9.17, 15) is 35.9 Å². The number of carbonyl (C=O) groups is 2. The van der Waals surface area contributed by atoms with E-state index in [0.29, 0.717) is 43.2 Å². The SMILES string of the molecule is O=C(NCc1ccccc1C(F)(F)F)c1ccc(CN2CCN(C(=O)Cc3cccc(C(F)(F)F)c3)CC2)s1. The number of halogens is 6. The summed E-state index contributed by atoms with van der Waals surface area (Å²) >= 11 is 1.24. The lowest BCUT2D eigenvalue weighted by Crippen LogP contribution is -2.48. The maximum Gasteiger partial charge on any atom is 0.416 e. The molecule has 3 aromatic rings. The van der Waals surface area contributed by atoms with Crippen LogP contribution < -0.4 is 5.32 Å². The first-order valence-corrected chi connectivity index (χ1v) is 12.9. The summed E-state index contributed by atoms with van der Waals surface area (Å²) in [5.41, 5.74) is -1.28. The molecule has 1 N–H and O–H groups in total. The fourth-order valence-corrected chi connectivity index (χ4v) is 5.28. The van der Waals surface area contributed by atoms with Gasteiger partial charge in [0.15, 0.2) is 0 Å². The number of carbonyl (C=O) groups excluding carboxylic acids is 2. The van der Waals surface area contributed by atoms with Crippen LogP contribution in [-0.4, -0.2) is 47.8 Å². The number of alkyl halides is 6. The van der Waals surface area contributed by atoms with E-state index in [1.165, 1.54) is 41.7 Å². The Kier molecular flexibility index (Phi) is 8.65. The molecule has 0 spiro atoms. The molecule has 0 bridgehead atoms. The van der Waals surface area contributed by atoms with Gasteiger partial charge in [0, 0.05) is 44.1 Å². The van der Waals surface area contributed by atoms with E-state index in [1.807, 2.05) is 0 Å². The number of hydrogen-bond acceptors (Lipinski definition) is 4. The third kappa shape index (κ3) is 7.60. The quantitative estimate of drug-likeness (QED) is 0.377. The lowest BCUT2D eigenvalue weighted by atomic mass is 10.1. The maximum absolute atomic E-state index is 13.2. The molecular formula is C27H25F6N3O2S. The molecule has 4 rings (SSSR count). The largest absolute Gasteiger partial charge is 0.416 e. The van der Waals surface area contributed by atoms with Gasteiger partial charge in [-0.15, -0.1) is 11.3 Å². The predicted octanol–water partition coefficient (Wildman–Crippen LogP) is 5.60. The number of benzene rings is 2. The molecule has 2 amide bonds. The highest BCUT2D eigenvalue weighted by atomic mass is 32.1. The molecule has 0 unspecified atom stereocenters. The molecule has 1 saturated heterocycles. The summed E-state index contributed by atoms with van der Waals surface area (Å²) in [6, 6.07) is 13.3. The van der Waals surface area contributed by atoms with Crippen molar-refractivity contribution in [3.05, 3.63) is 92.7 Å². The first-order valence-electron chi connectivity index (χ1n) is 12.1. The van der Waals surface area contributed by atoms with Gasteiger partial charge in [0.2, 0.25) is 5.91 Å². The van der Waals surface area contributed by atoms with E-state index in [1.54, 1.807) is 17.0 Å². The van der Waals surface area contributed by atoms with Crippen molar-refractivity contribution in [3.63, 3.8) is 0 Å². The Balaban J connectivity index is 1.25. The van der Waals surface area contributed by atoms with Crippen molar-refractivity contribution < 1.29 is 35.9 Å². The molecule has 1 aromatic heterocycles. The molecule has 0 atom stereocenters. The Morgan fingerprint density at radius 2 is 1.56 bits per heavy atom. The highest BCUT2D eigenvalue weighted by Gasteiger charge is 2.33. The average Bonchev–Trinajstić information content (AvgIpc) is 3.35. The van der Waals surface area contributed by atoms with Crippen LogP contribution in [0.2, 0.25) is 0 Å². The molecule has 1 aliphatic heterocycles. The van der Waals surface area contributed by atoms with E-state index in [4.69, 9.17) is 0 Å². The topological polar surface area (TPSA) is 52.7 Å². The number of nitrogens with zero attached hydrogens (tertiary/aromatic N) is 2. The van der Waals surface area contributed by atoms with Gasteiger partial charge >= 0.3 is 12.4 Å². The number of piperazine rings is 1. The zero-order valence-electron chi connectivity index (χ0n) is 20.6. The number of nitrogens with one attached hydrogen (secondary N) is 1. The number of thiophene rings is 1. The smallest absolute Gasteiger partial charge is 0.347 e. The van der Waals surface area contributed by atoms with Crippen LogP contribution >= 0.6 is 11.3 Å². The third-order valence-electron chi connectivity index (χ3n) is 6.36. The summed E-state index contributed by atoms with van der Waals surface area (Å²) in [4.78, 5) is 30.2. The van der Waals surface area contributed by atoms with E-state index in [2.05, 4.69) is 10.2 Å². The van der Waals surface area contributed by atoms with Crippen molar-refractivity contribution in [3.8, 4) is 0 Å². The second-order valence-electron chi connectivity index (χ2n) is 9.14. The fourth-order valence-electron chi connectivity index (χ4n) is 4.32.